The van der Waals surface area contributed by atoms with Gasteiger partial charge in [-0.2, -0.15) is 0 Å². The highest BCUT2D eigenvalue weighted by Crippen LogP contribution is 2.17. The van der Waals surface area contributed by atoms with Crippen LogP contribution in [0.25, 0.3) is 0 Å². The first kappa shape index (κ1) is 13.6. The molecule has 1 aromatic heterocycles. The van der Waals surface area contributed by atoms with Gasteiger partial charge >= 0.3 is 0 Å². The summed E-state index contributed by atoms with van der Waals surface area (Å²) >= 11 is 1.31. The third-order valence-corrected chi connectivity index (χ3v) is 3.84. The Balaban J connectivity index is 2.08. The molecule has 0 aliphatic carbocycles. The van der Waals surface area contributed by atoms with E-state index in [-0.39, 0.29) is 18.4 Å². The smallest absolute Gasteiger partial charge is 0.263 e. The maximum Gasteiger partial charge on any atom is 0.263 e. The lowest BCUT2D eigenvalue weighted by Gasteiger charge is -2.11. The summed E-state index contributed by atoms with van der Waals surface area (Å²) in [6.45, 7) is 0.927. The predicted molar refractivity (Wildman–Crippen MR) is 73.8 cm³/mol. The number of hydrogen-bond acceptors (Lipinski definition) is 4. The Labute approximate surface area is 115 Å². The van der Waals surface area contributed by atoms with Crippen LogP contribution < -0.4 is 11.1 Å². The van der Waals surface area contributed by atoms with Crippen LogP contribution in [-0.2, 0) is 4.79 Å². The Morgan fingerprint density at radius 3 is 3.11 bits per heavy atom. The minimum Gasteiger partial charge on any atom is -0.344 e. The normalized spacial score (nSPS) is 18.1. The molecule has 1 aliphatic rings. The van der Waals surface area contributed by atoms with Gasteiger partial charge in [-0.15, -0.1) is 11.3 Å². The largest absolute Gasteiger partial charge is 0.344 e. The van der Waals surface area contributed by atoms with E-state index in [1.807, 2.05) is 0 Å². The third kappa shape index (κ3) is 2.95. The molecule has 1 saturated heterocycles. The van der Waals surface area contributed by atoms with Crippen molar-refractivity contribution in [2.75, 3.05) is 20.1 Å². The molecule has 0 bridgehead atoms. The van der Waals surface area contributed by atoms with Crippen LogP contribution in [0, 0.1) is 11.8 Å². The number of amides is 2. The van der Waals surface area contributed by atoms with Gasteiger partial charge in [0.25, 0.3) is 5.91 Å². The van der Waals surface area contributed by atoms with Crippen LogP contribution in [0.5, 0.6) is 0 Å². The fourth-order valence-corrected chi connectivity index (χ4v) is 2.66. The zero-order chi connectivity index (χ0) is 13.8. The van der Waals surface area contributed by atoms with E-state index in [9.17, 15) is 9.59 Å². The van der Waals surface area contributed by atoms with Gasteiger partial charge in [0.2, 0.25) is 5.91 Å². The highest BCUT2D eigenvalue weighted by atomic mass is 32.1. The third-order valence-electron chi connectivity index (χ3n) is 2.93. The topological polar surface area (TPSA) is 75.4 Å². The van der Waals surface area contributed by atoms with Crippen molar-refractivity contribution in [3.05, 3.63) is 21.9 Å². The Morgan fingerprint density at radius 1 is 1.68 bits per heavy atom. The number of nitrogens with two attached hydrogens (primary N) is 1. The molecular formula is C13H15N3O2S. The molecule has 1 fully saturated rings. The summed E-state index contributed by atoms with van der Waals surface area (Å²) in [5.74, 6) is 5.30. The van der Waals surface area contributed by atoms with E-state index in [4.69, 9.17) is 5.73 Å². The summed E-state index contributed by atoms with van der Waals surface area (Å²) in [7, 11) is 1.73. The van der Waals surface area contributed by atoms with Gasteiger partial charge in [0.15, 0.2) is 0 Å². The molecule has 0 saturated carbocycles. The van der Waals surface area contributed by atoms with Crippen molar-refractivity contribution in [1.82, 2.24) is 10.2 Å². The molecule has 0 spiro atoms. The molecule has 5 nitrogen and oxygen atoms in total. The van der Waals surface area contributed by atoms with E-state index in [0.717, 1.165) is 0 Å². The van der Waals surface area contributed by atoms with E-state index >= 15 is 0 Å². The molecule has 3 N–H and O–H groups in total. The first-order valence-electron chi connectivity index (χ1n) is 5.95. The number of thiophene rings is 1. The molecule has 1 aromatic rings. The molecular weight excluding hydrogens is 262 g/mol. The molecule has 19 heavy (non-hydrogen) atoms. The van der Waals surface area contributed by atoms with Crippen LogP contribution in [0.4, 0.5) is 0 Å². The molecule has 0 radical (unpaired) electrons. The van der Waals surface area contributed by atoms with Gasteiger partial charge < -0.3 is 16.0 Å². The van der Waals surface area contributed by atoms with Gasteiger partial charge in [0.05, 0.1) is 6.54 Å². The predicted octanol–water partition coefficient (Wildman–Crippen LogP) is 0.0188. The number of likely N-dealkylation sites (tertiary alicyclic amines) is 1. The quantitative estimate of drug-likeness (QED) is 0.748. The summed E-state index contributed by atoms with van der Waals surface area (Å²) in [6, 6.07) is 1.36. The van der Waals surface area contributed by atoms with Crippen molar-refractivity contribution in [1.29, 1.82) is 0 Å². The molecule has 100 valence electrons. The van der Waals surface area contributed by atoms with Crippen LogP contribution in [0.3, 0.4) is 0 Å². The van der Waals surface area contributed by atoms with Crippen molar-refractivity contribution < 1.29 is 9.59 Å². The Hall–Kier alpha value is -1.84. The minimum atomic E-state index is -0.421. The summed E-state index contributed by atoms with van der Waals surface area (Å²) in [6.07, 6.45) is 0.649. The average molecular weight is 277 g/mol. The van der Waals surface area contributed by atoms with Crippen LogP contribution in [0.2, 0.25) is 0 Å². The molecule has 0 aromatic carbocycles. The van der Waals surface area contributed by atoms with Crippen molar-refractivity contribution in [2.24, 2.45) is 5.73 Å². The number of nitrogens with one attached hydrogen (secondary N) is 1. The Morgan fingerprint density at radius 2 is 2.47 bits per heavy atom. The van der Waals surface area contributed by atoms with Crippen molar-refractivity contribution in [2.45, 2.75) is 12.5 Å². The fraction of sp³-hybridized carbons (Fsp3) is 0.385. The van der Waals surface area contributed by atoms with Gasteiger partial charge in [-0.3, -0.25) is 9.59 Å². The molecule has 2 heterocycles. The number of carbonyl (C=O) groups is 2. The number of rotatable bonds is 2. The first-order chi connectivity index (χ1) is 9.13. The van der Waals surface area contributed by atoms with E-state index < -0.39 is 6.04 Å². The zero-order valence-electron chi connectivity index (χ0n) is 10.6. The minimum absolute atomic E-state index is 0.0421. The zero-order valence-corrected chi connectivity index (χ0v) is 11.4. The number of nitrogens with zero attached hydrogens (tertiary/aromatic N) is 1. The highest BCUT2D eigenvalue weighted by molar-refractivity contribution is 7.12. The van der Waals surface area contributed by atoms with Crippen LogP contribution in [0.15, 0.2) is 11.4 Å². The molecule has 1 unspecified atom stereocenters. The fourth-order valence-electron chi connectivity index (χ4n) is 1.91. The maximum absolute atomic E-state index is 12.1. The number of carbonyl (C=O) groups excluding carboxylic acids is 2. The van der Waals surface area contributed by atoms with Crippen molar-refractivity contribution in [3.8, 4) is 11.8 Å². The second-order valence-electron chi connectivity index (χ2n) is 4.24. The van der Waals surface area contributed by atoms with Crippen molar-refractivity contribution in [3.63, 3.8) is 0 Å². The van der Waals surface area contributed by atoms with Crippen molar-refractivity contribution >= 4 is 23.2 Å². The molecule has 1 atom stereocenters. The second-order valence-corrected chi connectivity index (χ2v) is 5.16. The van der Waals surface area contributed by atoms with Gasteiger partial charge in [-0.1, -0.05) is 11.8 Å². The van der Waals surface area contributed by atoms with Crippen LogP contribution in [0.1, 0.15) is 21.7 Å². The van der Waals surface area contributed by atoms with E-state index in [1.165, 1.54) is 11.3 Å². The number of likely N-dealkylation sites (N-methyl/N-ethyl adjacent to an activating group) is 1. The SMILES string of the molecule is CN1CCC(NC(=O)c2sccc2C#CCN)C1=O. The summed E-state index contributed by atoms with van der Waals surface area (Å²) in [5.41, 5.74) is 5.97. The van der Waals surface area contributed by atoms with E-state index in [0.29, 0.717) is 23.4 Å². The molecule has 2 rings (SSSR count). The summed E-state index contributed by atoms with van der Waals surface area (Å²) in [4.78, 5) is 26.0. The lowest BCUT2D eigenvalue weighted by molar-refractivity contribution is -0.128. The summed E-state index contributed by atoms with van der Waals surface area (Å²) < 4.78 is 0. The Kier molecular flexibility index (Phi) is 4.20. The molecule has 6 heteroatoms. The monoisotopic (exact) mass is 277 g/mol. The average Bonchev–Trinajstić information content (AvgIpc) is 2.98. The lowest BCUT2D eigenvalue weighted by atomic mass is 10.2. The summed E-state index contributed by atoms with van der Waals surface area (Å²) in [5, 5.41) is 4.56. The number of hydrogen-bond donors (Lipinski definition) is 2. The van der Waals surface area contributed by atoms with E-state index in [2.05, 4.69) is 17.2 Å². The second kappa shape index (κ2) is 5.87. The first-order valence-corrected chi connectivity index (χ1v) is 6.83. The lowest BCUT2D eigenvalue weighted by Crippen LogP contribution is -2.40. The van der Waals surface area contributed by atoms with Crippen LogP contribution >= 0.6 is 11.3 Å². The standard InChI is InChI=1S/C13H15N3O2S/c1-16-7-4-10(13(16)18)15-12(17)11-9(3-2-6-14)5-8-19-11/h5,8,10H,4,6-7,14H2,1H3,(H,15,17). The van der Waals surface area contributed by atoms with Gasteiger partial charge in [0, 0.05) is 19.2 Å². The molecule has 1 aliphatic heterocycles. The Bertz CT molecular complexity index is 556. The maximum atomic E-state index is 12.1. The van der Waals surface area contributed by atoms with Crippen LogP contribution in [-0.4, -0.2) is 42.9 Å². The van der Waals surface area contributed by atoms with Gasteiger partial charge in [-0.05, 0) is 17.9 Å². The van der Waals surface area contributed by atoms with Gasteiger partial charge in [-0.25, -0.2) is 0 Å². The molecule has 2 amide bonds. The highest BCUT2D eigenvalue weighted by Gasteiger charge is 2.30. The van der Waals surface area contributed by atoms with E-state index in [1.54, 1.807) is 23.4 Å². The van der Waals surface area contributed by atoms with Gasteiger partial charge in [0.1, 0.15) is 10.9 Å².